The van der Waals surface area contributed by atoms with Gasteiger partial charge in [-0.2, -0.15) is 0 Å². The number of nitrogens with zero attached hydrogens (tertiary/aromatic N) is 2. The summed E-state index contributed by atoms with van der Waals surface area (Å²) in [6, 6.07) is 3.59. The van der Waals surface area contributed by atoms with Gasteiger partial charge in [-0.1, -0.05) is 0 Å². The van der Waals surface area contributed by atoms with Gasteiger partial charge in [0.15, 0.2) is 0 Å². The molecule has 2 rings (SSSR count). The Morgan fingerprint density at radius 2 is 2.06 bits per heavy atom. The first-order chi connectivity index (χ1) is 8.15. The highest BCUT2D eigenvalue weighted by Gasteiger charge is 2.20. The molecule has 0 aromatic carbocycles. The van der Waals surface area contributed by atoms with Crippen LogP contribution in [0.3, 0.4) is 0 Å². The summed E-state index contributed by atoms with van der Waals surface area (Å²) < 4.78 is 2.11. The second-order valence-corrected chi connectivity index (χ2v) is 5.47. The van der Waals surface area contributed by atoms with Crippen LogP contribution in [0, 0.1) is 0 Å². The Morgan fingerprint density at radius 3 is 2.59 bits per heavy atom. The lowest BCUT2D eigenvalue weighted by atomic mass is 10.0. The van der Waals surface area contributed by atoms with Gasteiger partial charge < -0.3 is 14.8 Å². The zero-order chi connectivity index (χ0) is 12.3. The van der Waals surface area contributed by atoms with E-state index in [4.69, 9.17) is 0 Å². The molecule has 0 radical (unpaired) electrons. The fraction of sp³-hybridized carbons (Fsp3) is 0.714. The second-order valence-electron chi connectivity index (χ2n) is 5.47. The molecule has 1 N–H and O–H groups in total. The Hall–Kier alpha value is -0.800. The summed E-state index contributed by atoms with van der Waals surface area (Å²) in [6.07, 6.45) is 6.87. The van der Waals surface area contributed by atoms with E-state index in [1.54, 1.807) is 0 Å². The molecular formula is C14H25N3. The maximum Gasteiger partial charge on any atom is 0.0223 e. The van der Waals surface area contributed by atoms with Crippen molar-refractivity contribution >= 4 is 0 Å². The number of aromatic nitrogens is 1. The number of nitrogens with one attached hydrogen (secondary N) is 1. The molecular weight excluding hydrogens is 210 g/mol. The molecule has 0 bridgehead atoms. The van der Waals surface area contributed by atoms with E-state index in [1.807, 2.05) is 0 Å². The molecule has 0 spiro atoms. The number of aryl methyl sites for hydroxylation is 1. The molecule has 2 heterocycles. The van der Waals surface area contributed by atoms with Crippen LogP contribution in [0.2, 0.25) is 0 Å². The molecule has 1 aliphatic heterocycles. The van der Waals surface area contributed by atoms with Gasteiger partial charge in [0.05, 0.1) is 0 Å². The van der Waals surface area contributed by atoms with Gasteiger partial charge in [-0.3, -0.25) is 0 Å². The predicted octanol–water partition coefficient (Wildman–Crippen LogP) is 1.99. The molecule has 0 unspecified atom stereocenters. The standard InChI is InChI=1S/C14H25N3/c1-12(2)17-8-5-14(6-9-17)15-10-13-4-7-16(3)11-13/h4,7,11-12,14-15H,5-6,8-10H2,1-3H3. The van der Waals surface area contributed by atoms with E-state index in [0.717, 1.165) is 6.54 Å². The fourth-order valence-electron chi connectivity index (χ4n) is 2.55. The number of hydrogen-bond donors (Lipinski definition) is 1. The van der Waals surface area contributed by atoms with Crippen LogP contribution >= 0.6 is 0 Å². The van der Waals surface area contributed by atoms with Crippen LogP contribution < -0.4 is 5.32 Å². The molecule has 0 aliphatic carbocycles. The molecule has 17 heavy (non-hydrogen) atoms. The fourth-order valence-corrected chi connectivity index (χ4v) is 2.55. The molecule has 1 fully saturated rings. The van der Waals surface area contributed by atoms with Gasteiger partial charge in [-0.15, -0.1) is 0 Å². The number of piperidine rings is 1. The minimum atomic E-state index is 0.699. The minimum Gasteiger partial charge on any atom is -0.357 e. The van der Waals surface area contributed by atoms with Crippen molar-refractivity contribution in [2.75, 3.05) is 13.1 Å². The van der Waals surface area contributed by atoms with E-state index >= 15 is 0 Å². The number of likely N-dealkylation sites (tertiary alicyclic amines) is 1. The maximum atomic E-state index is 3.67. The quantitative estimate of drug-likeness (QED) is 0.861. The third-order valence-corrected chi connectivity index (χ3v) is 3.75. The van der Waals surface area contributed by atoms with Crippen LogP contribution in [-0.2, 0) is 13.6 Å². The van der Waals surface area contributed by atoms with E-state index < -0.39 is 0 Å². The van der Waals surface area contributed by atoms with E-state index in [2.05, 4.69) is 54.1 Å². The first-order valence-electron chi connectivity index (χ1n) is 6.73. The summed E-state index contributed by atoms with van der Waals surface area (Å²) >= 11 is 0. The third-order valence-electron chi connectivity index (χ3n) is 3.75. The Labute approximate surface area is 105 Å². The molecule has 96 valence electrons. The van der Waals surface area contributed by atoms with E-state index in [0.29, 0.717) is 12.1 Å². The van der Waals surface area contributed by atoms with E-state index in [9.17, 15) is 0 Å². The summed E-state index contributed by atoms with van der Waals surface area (Å²) in [7, 11) is 2.07. The van der Waals surface area contributed by atoms with Gasteiger partial charge >= 0.3 is 0 Å². The first kappa shape index (κ1) is 12.7. The highest BCUT2D eigenvalue weighted by Crippen LogP contribution is 2.13. The molecule has 0 saturated carbocycles. The lowest BCUT2D eigenvalue weighted by Crippen LogP contribution is -2.44. The van der Waals surface area contributed by atoms with Crippen molar-refractivity contribution in [1.82, 2.24) is 14.8 Å². The smallest absolute Gasteiger partial charge is 0.0223 e. The van der Waals surface area contributed by atoms with Crippen molar-refractivity contribution in [3.63, 3.8) is 0 Å². The number of hydrogen-bond acceptors (Lipinski definition) is 2. The van der Waals surface area contributed by atoms with Gasteiger partial charge in [-0.05, 0) is 51.4 Å². The van der Waals surface area contributed by atoms with Crippen molar-refractivity contribution in [3.05, 3.63) is 24.0 Å². The molecule has 3 nitrogen and oxygen atoms in total. The summed E-state index contributed by atoms with van der Waals surface area (Å²) in [5.41, 5.74) is 1.39. The van der Waals surface area contributed by atoms with E-state index in [1.165, 1.54) is 31.5 Å². The highest BCUT2D eigenvalue weighted by molar-refractivity contribution is 5.09. The zero-order valence-electron chi connectivity index (χ0n) is 11.3. The molecule has 3 heteroatoms. The Bertz CT molecular complexity index is 335. The van der Waals surface area contributed by atoms with Crippen LogP contribution in [0.1, 0.15) is 32.3 Å². The Kier molecular flexibility index (Phi) is 4.24. The van der Waals surface area contributed by atoms with Crippen LogP contribution in [0.5, 0.6) is 0 Å². The summed E-state index contributed by atoms with van der Waals surface area (Å²) in [5, 5.41) is 3.67. The predicted molar refractivity (Wildman–Crippen MR) is 72.0 cm³/mol. The molecule has 1 aliphatic rings. The lowest BCUT2D eigenvalue weighted by molar-refractivity contribution is 0.161. The Balaban J connectivity index is 1.71. The van der Waals surface area contributed by atoms with Gasteiger partial charge in [0.1, 0.15) is 0 Å². The lowest BCUT2D eigenvalue weighted by Gasteiger charge is -2.35. The SMILES string of the molecule is CC(C)N1CCC(NCc2ccn(C)c2)CC1. The van der Waals surface area contributed by atoms with Crippen molar-refractivity contribution in [2.24, 2.45) is 7.05 Å². The summed E-state index contributed by atoms with van der Waals surface area (Å²) in [5.74, 6) is 0. The summed E-state index contributed by atoms with van der Waals surface area (Å²) in [4.78, 5) is 2.57. The molecule has 0 atom stereocenters. The molecule has 1 aromatic heterocycles. The van der Waals surface area contributed by atoms with E-state index in [-0.39, 0.29) is 0 Å². The van der Waals surface area contributed by atoms with Gasteiger partial charge in [0.2, 0.25) is 0 Å². The van der Waals surface area contributed by atoms with Gasteiger partial charge in [0, 0.05) is 38.1 Å². The minimum absolute atomic E-state index is 0.699. The topological polar surface area (TPSA) is 20.2 Å². The van der Waals surface area contributed by atoms with Crippen molar-refractivity contribution < 1.29 is 0 Å². The van der Waals surface area contributed by atoms with Crippen molar-refractivity contribution in [3.8, 4) is 0 Å². The van der Waals surface area contributed by atoms with Gasteiger partial charge in [0.25, 0.3) is 0 Å². The van der Waals surface area contributed by atoms with Crippen LogP contribution in [0.15, 0.2) is 18.5 Å². The average molecular weight is 235 g/mol. The van der Waals surface area contributed by atoms with Crippen LogP contribution in [-0.4, -0.2) is 34.6 Å². The zero-order valence-corrected chi connectivity index (χ0v) is 11.3. The first-order valence-corrected chi connectivity index (χ1v) is 6.73. The molecule has 1 aromatic rings. The largest absolute Gasteiger partial charge is 0.357 e. The normalized spacial score (nSPS) is 19.1. The van der Waals surface area contributed by atoms with Crippen molar-refractivity contribution in [1.29, 1.82) is 0 Å². The highest BCUT2D eigenvalue weighted by atomic mass is 15.2. The molecule has 0 amide bonds. The van der Waals surface area contributed by atoms with Gasteiger partial charge in [-0.25, -0.2) is 0 Å². The summed E-state index contributed by atoms with van der Waals surface area (Å²) in [6.45, 7) is 8.07. The second kappa shape index (κ2) is 5.69. The number of rotatable bonds is 4. The van der Waals surface area contributed by atoms with Crippen molar-refractivity contribution in [2.45, 2.75) is 45.3 Å². The monoisotopic (exact) mass is 235 g/mol. The van der Waals surface area contributed by atoms with Crippen LogP contribution in [0.4, 0.5) is 0 Å². The third kappa shape index (κ3) is 3.58. The molecule has 1 saturated heterocycles. The average Bonchev–Trinajstić information content (AvgIpc) is 2.73. The Morgan fingerprint density at radius 1 is 1.35 bits per heavy atom. The van der Waals surface area contributed by atoms with Crippen LogP contribution in [0.25, 0.3) is 0 Å². The maximum absolute atomic E-state index is 3.67.